The van der Waals surface area contributed by atoms with Crippen LogP contribution in [-0.4, -0.2) is 5.91 Å². The minimum atomic E-state index is -0.377. The Morgan fingerprint density at radius 1 is 1.14 bits per heavy atom. The van der Waals surface area contributed by atoms with E-state index in [9.17, 15) is 9.18 Å². The highest BCUT2D eigenvalue weighted by atomic mass is 19.1. The van der Waals surface area contributed by atoms with E-state index in [1.165, 1.54) is 12.1 Å². The summed E-state index contributed by atoms with van der Waals surface area (Å²) >= 11 is 0. The number of hydrogen-bond donors (Lipinski definition) is 2. The molecule has 0 spiro atoms. The summed E-state index contributed by atoms with van der Waals surface area (Å²) < 4.78 is 19.1. The number of aryl methyl sites for hydroxylation is 1. The van der Waals surface area contributed by atoms with Gasteiger partial charge in [-0.2, -0.15) is 0 Å². The van der Waals surface area contributed by atoms with E-state index in [-0.39, 0.29) is 18.3 Å². The summed E-state index contributed by atoms with van der Waals surface area (Å²) in [6, 6.07) is 9.82. The molecule has 0 saturated heterocycles. The summed E-state index contributed by atoms with van der Waals surface area (Å²) in [7, 11) is 0. The molecule has 0 radical (unpaired) electrons. The lowest BCUT2D eigenvalue weighted by Gasteiger charge is -2.17. The number of halogens is 1. The molecule has 0 bridgehead atoms. The van der Waals surface area contributed by atoms with Crippen LogP contribution in [0.1, 0.15) is 17.5 Å². The molecule has 108 valence electrons. The molecule has 1 aliphatic rings. The molecule has 0 aliphatic carbocycles. The fraction of sp³-hybridized carbons (Fsp3) is 0.188. The number of nitrogens with one attached hydrogen (secondary N) is 1. The summed E-state index contributed by atoms with van der Waals surface area (Å²) in [5, 5.41) is 2.81. The molecule has 1 aliphatic heterocycles. The van der Waals surface area contributed by atoms with Crippen molar-refractivity contribution in [1.29, 1.82) is 0 Å². The van der Waals surface area contributed by atoms with Crippen molar-refractivity contribution in [2.24, 2.45) is 5.73 Å². The molecule has 0 saturated carbocycles. The summed E-state index contributed by atoms with van der Waals surface area (Å²) in [6.45, 7) is 0.254. The van der Waals surface area contributed by atoms with Crippen LogP contribution in [0.15, 0.2) is 36.4 Å². The van der Waals surface area contributed by atoms with Crippen molar-refractivity contribution in [2.45, 2.75) is 19.4 Å². The summed E-state index contributed by atoms with van der Waals surface area (Å²) in [6.07, 6.45) is 1.14. The van der Waals surface area contributed by atoms with E-state index in [1.807, 2.05) is 6.07 Å². The van der Waals surface area contributed by atoms with Crippen LogP contribution in [-0.2, 0) is 17.8 Å². The maximum absolute atomic E-state index is 13.5. The van der Waals surface area contributed by atoms with Gasteiger partial charge in [0.15, 0.2) is 0 Å². The number of hydrogen-bond acceptors (Lipinski definition) is 3. The van der Waals surface area contributed by atoms with E-state index in [2.05, 4.69) is 5.32 Å². The fourth-order valence-corrected chi connectivity index (χ4v) is 2.36. The molecule has 2 aromatic carbocycles. The minimum Gasteiger partial charge on any atom is -0.457 e. The highest BCUT2D eigenvalue weighted by Crippen LogP contribution is 2.30. The van der Waals surface area contributed by atoms with Gasteiger partial charge in [-0.15, -0.1) is 0 Å². The van der Waals surface area contributed by atoms with E-state index in [0.29, 0.717) is 29.9 Å². The number of anilines is 1. The second-order valence-electron chi connectivity index (χ2n) is 4.97. The lowest BCUT2D eigenvalue weighted by atomic mass is 10.0. The minimum absolute atomic E-state index is 0.0221. The summed E-state index contributed by atoms with van der Waals surface area (Å²) in [4.78, 5) is 11.3. The third-order valence-corrected chi connectivity index (χ3v) is 3.37. The van der Waals surface area contributed by atoms with Gasteiger partial charge in [-0.1, -0.05) is 0 Å². The van der Waals surface area contributed by atoms with Gasteiger partial charge in [-0.3, -0.25) is 4.79 Å². The Hall–Kier alpha value is -2.40. The molecule has 1 heterocycles. The first-order chi connectivity index (χ1) is 10.1. The zero-order valence-corrected chi connectivity index (χ0v) is 11.4. The normalized spacial score (nSPS) is 13.5. The Bertz CT molecular complexity index is 701. The zero-order chi connectivity index (χ0) is 14.8. The Labute approximate surface area is 121 Å². The van der Waals surface area contributed by atoms with Gasteiger partial charge in [0.05, 0.1) is 0 Å². The van der Waals surface area contributed by atoms with Gasteiger partial charge in [0.25, 0.3) is 0 Å². The van der Waals surface area contributed by atoms with Crippen LogP contribution in [0.4, 0.5) is 10.1 Å². The Morgan fingerprint density at radius 2 is 2.00 bits per heavy atom. The van der Waals surface area contributed by atoms with Gasteiger partial charge in [-0.25, -0.2) is 4.39 Å². The van der Waals surface area contributed by atoms with Crippen LogP contribution >= 0.6 is 0 Å². The van der Waals surface area contributed by atoms with Gasteiger partial charge in [-0.05, 0) is 47.9 Å². The van der Waals surface area contributed by atoms with Crippen molar-refractivity contribution in [2.75, 3.05) is 5.32 Å². The zero-order valence-electron chi connectivity index (χ0n) is 11.4. The third kappa shape index (κ3) is 3.03. The smallest absolute Gasteiger partial charge is 0.224 e. The van der Waals surface area contributed by atoms with Gasteiger partial charge in [0, 0.05) is 24.7 Å². The van der Waals surface area contributed by atoms with E-state index < -0.39 is 0 Å². The average Bonchev–Trinajstić information content (AvgIpc) is 2.47. The van der Waals surface area contributed by atoms with Crippen molar-refractivity contribution >= 4 is 11.6 Å². The first-order valence-corrected chi connectivity index (χ1v) is 6.74. The van der Waals surface area contributed by atoms with Gasteiger partial charge in [0.2, 0.25) is 5.91 Å². The molecule has 4 nitrogen and oxygen atoms in total. The van der Waals surface area contributed by atoms with Crippen LogP contribution in [0.3, 0.4) is 0 Å². The molecule has 21 heavy (non-hydrogen) atoms. The summed E-state index contributed by atoms with van der Waals surface area (Å²) in [5.74, 6) is 0.667. The van der Waals surface area contributed by atoms with E-state index >= 15 is 0 Å². The molecule has 0 aromatic heterocycles. The molecule has 3 N–H and O–H groups in total. The quantitative estimate of drug-likeness (QED) is 0.911. The number of carbonyl (C=O) groups excluding carboxylic acids is 1. The number of carbonyl (C=O) groups is 1. The molecule has 0 fully saturated rings. The standard InChI is InChI=1S/C16H15FN2O2/c17-12-5-10(9-18)6-14(8-12)21-13-2-3-15-11(7-13)1-4-16(20)19-15/h2-3,5-8H,1,4,9,18H2,(H,19,20). The van der Waals surface area contributed by atoms with Crippen molar-refractivity contribution < 1.29 is 13.9 Å². The second-order valence-corrected chi connectivity index (χ2v) is 4.97. The number of ether oxygens (including phenoxy) is 1. The molecular weight excluding hydrogens is 271 g/mol. The van der Waals surface area contributed by atoms with Crippen LogP contribution in [0, 0.1) is 5.82 Å². The summed E-state index contributed by atoms with van der Waals surface area (Å²) in [5.41, 5.74) is 8.02. The van der Waals surface area contributed by atoms with Crippen molar-refractivity contribution in [3.8, 4) is 11.5 Å². The highest BCUT2D eigenvalue weighted by molar-refractivity contribution is 5.94. The molecule has 2 aromatic rings. The first kappa shape index (κ1) is 13.6. The Balaban J connectivity index is 1.85. The molecule has 0 atom stereocenters. The highest BCUT2D eigenvalue weighted by Gasteiger charge is 2.15. The van der Waals surface area contributed by atoms with Crippen LogP contribution in [0.25, 0.3) is 0 Å². The number of amides is 1. The van der Waals surface area contributed by atoms with Gasteiger partial charge in [0.1, 0.15) is 17.3 Å². The molecule has 5 heteroatoms. The lowest BCUT2D eigenvalue weighted by molar-refractivity contribution is -0.116. The monoisotopic (exact) mass is 286 g/mol. The largest absolute Gasteiger partial charge is 0.457 e. The SMILES string of the molecule is NCc1cc(F)cc(Oc2ccc3c(c2)CCC(=O)N3)c1. The Kier molecular flexibility index (Phi) is 3.58. The van der Waals surface area contributed by atoms with Crippen LogP contribution in [0.5, 0.6) is 11.5 Å². The van der Waals surface area contributed by atoms with E-state index in [0.717, 1.165) is 11.3 Å². The predicted molar refractivity (Wildman–Crippen MR) is 77.8 cm³/mol. The topological polar surface area (TPSA) is 64.3 Å². The van der Waals surface area contributed by atoms with Crippen molar-refractivity contribution in [3.05, 3.63) is 53.3 Å². The number of rotatable bonds is 3. The van der Waals surface area contributed by atoms with Crippen molar-refractivity contribution in [3.63, 3.8) is 0 Å². The second kappa shape index (κ2) is 5.54. The van der Waals surface area contributed by atoms with Crippen LogP contribution in [0.2, 0.25) is 0 Å². The lowest BCUT2D eigenvalue weighted by Crippen LogP contribution is -2.18. The molecular formula is C16H15FN2O2. The first-order valence-electron chi connectivity index (χ1n) is 6.74. The number of nitrogens with two attached hydrogens (primary N) is 1. The maximum atomic E-state index is 13.5. The molecule has 0 unspecified atom stereocenters. The Morgan fingerprint density at radius 3 is 2.81 bits per heavy atom. The van der Waals surface area contributed by atoms with Gasteiger partial charge >= 0.3 is 0 Å². The van der Waals surface area contributed by atoms with E-state index in [1.54, 1.807) is 18.2 Å². The van der Waals surface area contributed by atoms with Gasteiger partial charge < -0.3 is 15.8 Å². The van der Waals surface area contributed by atoms with E-state index in [4.69, 9.17) is 10.5 Å². The maximum Gasteiger partial charge on any atom is 0.224 e. The third-order valence-electron chi connectivity index (χ3n) is 3.37. The molecule has 3 rings (SSSR count). The van der Waals surface area contributed by atoms with Crippen LogP contribution < -0.4 is 15.8 Å². The molecule has 1 amide bonds. The van der Waals surface area contributed by atoms with Crippen molar-refractivity contribution in [1.82, 2.24) is 0 Å². The number of benzene rings is 2. The average molecular weight is 286 g/mol. The number of fused-ring (bicyclic) bond motifs is 1. The predicted octanol–water partition coefficient (Wildman–Crippen LogP) is 2.96. The fourth-order valence-electron chi connectivity index (χ4n) is 2.36.